The van der Waals surface area contributed by atoms with Crippen LogP contribution in [0.2, 0.25) is 0 Å². The number of aliphatic hydroxyl groups is 1. The molecule has 0 amide bonds. The minimum absolute atomic E-state index is 0.531. The first kappa shape index (κ1) is 5.83. The fourth-order valence-corrected chi connectivity index (χ4v) is 2.61. The highest BCUT2D eigenvalue weighted by Gasteiger charge is 2.37. The summed E-state index contributed by atoms with van der Waals surface area (Å²) >= 11 is 0. The quantitative estimate of drug-likeness (QED) is 0.794. The van der Waals surface area contributed by atoms with E-state index in [0.717, 1.165) is 11.1 Å². The van der Waals surface area contributed by atoms with Gasteiger partial charge in [-0.15, -0.1) is 0 Å². The molecule has 0 saturated heterocycles. The van der Waals surface area contributed by atoms with Crippen LogP contribution in [0.4, 0.5) is 0 Å². The van der Waals surface area contributed by atoms with E-state index in [4.69, 9.17) is 8.22 Å². The third-order valence-corrected chi connectivity index (χ3v) is 3.25. The molecule has 1 nitrogen and oxygen atoms in total. The van der Waals surface area contributed by atoms with E-state index < -0.39 is 25.2 Å². The molecule has 0 aliphatic heterocycles. The Bertz CT molecular complexity index is 687. The Morgan fingerprint density at radius 1 is 0.941 bits per heavy atom. The molecule has 0 heterocycles. The SMILES string of the molecule is [2H]C([2H])([2H])C(O)(C1c2ccccc2-c2ccccc21)C([2H])([2H])[2H]. The van der Waals surface area contributed by atoms with Crippen LogP contribution in [0, 0.1) is 0 Å². The predicted octanol–water partition coefficient (Wildman–Crippen LogP) is 3.57. The van der Waals surface area contributed by atoms with Crippen molar-refractivity contribution in [2.24, 2.45) is 0 Å². The summed E-state index contributed by atoms with van der Waals surface area (Å²) in [5, 5.41) is 11.0. The van der Waals surface area contributed by atoms with Gasteiger partial charge in [-0.25, -0.2) is 0 Å². The van der Waals surface area contributed by atoms with Gasteiger partial charge in [0.1, 0.15) is 0 Å². The molecule has 17 heavy (non-hydrogen) atoms. The van der Waals surface area contributed by atoms with Crippen molar-refractivity contribution in [3.8, 4) is 11.1 Å². The van der Waals surface area contributed by atoms with Crippen LogP contribution in [0.5, 0.6) is 0 Å². The Balaban J connectivity index is 2.34. The third kappa shape index (κ3) is 1.50. The standard InChI is InChI=1S/C16H16O/c1-16(2,17)15-13-9-5-3-7-11(13)12-8-4-6-10-14(12)15/h3-10,15,17H,1-2H3/i1D3,2D3. The second kappa shape index (κ2) is 3.44. The summed E-state index contributed by atoms with van der Waals surface area (Å²) in [4.78, 5) is 0. The van der Waals surface area contributed by atoms with Gasteiger partial charge >= 0.3 is 0 Å². The third-order valence-electron chi connectivity index (χ3n) is 3.25. The molecule has 2 aromatic rings. The van der Waals surface area contributed by atoms with Gasteiger partial charge in [-0.05, 0) is 36.0 Å². The normalized spacial score (nSPS) is 21.2. The Morgan fingerprint density at radius 2 is 1.41 bits per heavy atom. The highest BCUT2D eigenvalue weighted by atomic mass is 16.3. The van der Waals surface area contributed by atoms with Gasteiger partial charge in [-0.3, -0.25) is 0 Å². The summed E-state index contributed by atoms with van der Waals surface area (Å²) < 4.78 is 46.3. The van der Waals surface area contributed by atoms with Gasteiger partial charge in [-0.1, -0.05) is 48.5 Å². The summed E-state index contributed by atoms with van der Waals surface area (Å²) in [7, 11) is 0. The minimum atomic E-state index is -3.06. The zero-order valence-electron chi connectivity index (χ0n) is 15.1. The van der Waals surface area contributed by atoms with Crippen LogP contribution in [0.15, 0.2) is 48.5 Å². The average Bonchev–Trinajstić information content (AvgIpc) is 2.79. The first-order valence-electron chi connectivity index (χ1n) is 8.49. The molecule has 0 bridgehead atoms. The predicted molar refractivity (Wildman–Crippen MR) is 70.0 cm³/mol. The van der Waals surface area contributed by atoms with Crippen molar-refractivity contribution in [3.05, 3.63) is 59.7 Å². The fourth-order valence-electron chi connectivity index (χ4n) is 2.61. The van der Waals surface area contributed by atoms with Crippen molar-refractivity contribution < 1.29 is 13.3 Å². The molecule has 1 N–H and O–H groups in total. The molecule has 1 heteroatoms. The van der Waals surface area contributed by atoms with E-state index >= 15 is 0 Å². The average molecular weight is 230 g/mol. The van der Waals surface area contributed by atoms with Gasteiger partial charge in [-0.2, -0.15) is 0 Å². The van der Waals surface area contributed by atoms with Gasteiger partial charge in [0.2, 0.25) is 0 Å². The highest BCUT2D eigenvalue weighted by Crippen LogP contribution is 2.48. The molecule has 2 aromatic carbocycles. The maximum atomic E-state index is 11.0. The fraction of sp³-hybridized carbons (Fsp3) is 0.250. The molecule has 3 rings (SSSR count). The van der Waals surface area contributed by atoms with Gasteiger partial charge in [0.15, 0.2) is 0 Å². The number of fused-ring (bicyclic) bond motifs is 3. The lowest BCUT2D eigenvalue weighted by molar-refractivity contribution is 0.0641. The number of rotatable bonds is 1. The molecule has 0 aromatic heterocycles. The van der Waals surface area contributed by atoms with Gasteiger partial charge in [0, 0.05) is 14.1 Å². The topological polar surface area (TPSA) is 20.2 Å². The molecular formula is C16H16O. The Labute approximate surface area is 110 Å². The van der Waals surface area contributed by atoms with Crippen LogP contribution in [0.1, 0.15) is 39.0 Å². The molecule has 0 fully saturated rings. The lowest BCUT2D eigenvalue weighted by atomic mass is 9.83. The molecular weight excluding hydrogens is 208 g/mol. The summed E-state index contributed by atoms with van der Waals surface area (Å²) in [6, 6.07) is 14.0. The number of hydrogen-bond acceptors (Lipinski definition) is 1. The van der Waals surface area contributed by atoms with Crippen molar-refractivity contribution >= 4 is 0 Å². The lowest BCUT2D eigenvalue weighted by Gasteiger charge is -2.27. The Hall–Kier alpha value is -1.60. The maximum absolute atomic E-state index is 11.0. The second-order valence-corrected chi connectivity index (χ2v) is 4.37. The van der Waals surface area contributed by atoms with Crippen molar-refractivity contribution in [1.82, 2.24) is 0 Å². The van der Waals surface area contributed by atoms with Crippen LogP contribution < -0.4 is 0 Å². The molecule has 1 aliphatic rings. The van der Waals surface area contributed by atoms with Crippen LogP contribution >= 0.6 is 0 Å². The zero-order valence-corrected chi connectivity index (χ0v) is 9.14. The zero-order chi connectivity index (χ0) is 17.0. The Kier molecular flexibility index (Phi) is 1.18. The Morgan fingerprint density at radius 3 is 1.88 bits per heavy atom. The van der Waals surface area contributed by atoms with Crippen molar-refractivity contribution in [1.29, 1.82) is 0 Å². The van der Waals surface area contributed by atoms with Crippen LogP contribution in [-0.2, 0) is 0 Å². The minimum Gasteiger partial charge on any atom is -0.389 e. The molecule has 0 unspecified atom stereocenters. The summed E-state index contributed by atoms with van der Waals surface area (Å²) in [5.74, 6) is -1.13. The first-order chi connectivity index (χ1) is 10.6. The van der Waals surface area contributed by atoms with E-state index in [2.05, 4.69) is 0 Å². The molecule has 0 saturated carbocycles. The second-order valence-electron chi connectivity index (χ2n) is 4.37. The lowest BCUT2D eigenvalue weighted by Crippen LogP contribution is -2.28. The van der Waals surface area contributed by atoms with Gasteiger partial charge in [0.05, 0.1) is 5.60 Å². The van der Waals surface area contributed by atoms with Crippen LogP contribution in [-0.4, -0.2) is 10.7 Å². The van der Waals surface area contributed by atoms with Crippen molar-refractivity contribution in [3.63, 3.8) is 0 Å². The molecule has 0 radical (unpaired) electrons. The smallest absolute Gasteiger partial charge is 0.0700 e. The van der Waals surface area contributed by atoms with Crippen molar-refractivity contribution in [2.75, 3.05) is 0 Å². The molecule has 86 valence electrons. The monoisotopic (exact) mass is 230 g/mol. The van der Waals surface area contributed by atoms with Gasteiger partial charge < -0.3 is 5.11 Å². The molecule has 1 aliphatic carbocycles. The molecule has 0 spiro atoms. The summed E-state index contributed by atoms with van der Waals surface area (Å²) in [6.07, 6.45) is 0. The van der Waals surface area contributed by atoms with E-state index in [-0.39, 0.29) is 0 Å². The van der Waals surface area contributed by atoms with E-state index in [1.165, 1.54) is 0 Å². The summed E-state index contributed by atoms with van der Waals surface area (Å²) in [6.45, 7) is -6.12. The van der Waals surface area contributed by atoms with E-state index in [1.54, 1.807) is 24.3 Å². The number of hydrogen-bond donors (Lipinski definition) is 1. The largest absolute Gasteiger partial charge is 0.389 e. The van der Waals surface area contributed by atoms with Crippen LogP contribution in [0.3, 0.4) is 0 Å². The first-order valence-corrected chi connectivity index (χ1v) is 5.49. The van der Waals surface area contributed by atoms with E-state index in [0.29, 0.717) is 11.1 Å². The van der Waals surface area contributed by atoms with Crippen molar-refractivity contribution in [2.45, 2.75) is 25.2 Å². The van der Waals surface area contributed by atoms with Crippen LogP contribution in [0.25, 0.3) is 11.1 Å². The number of benzene rings is 2. The summed E-state index contributed by atoms with van der Waals surface area (Å²) in [5.41, 5.74) is -0.269. The van der Waals surface area contributed by atoms with E-state index in [1.807, 2.05) is 24.3 Å². The van der Waals surface area contributed by atoms with E-state index in [9.17, 15) is 5.11 Å². The maximum Gasteiger partial charge on any atom is 0.0700 e. The molecule has 0 atom stereocenters. The highest BCUT2D eigenvalue weighted by molar-refractivity contribution is 5.79. The van der Waals surface area contributed by atoms with Gasteiger partial charge in [0.25, 0.3) is 0 Å².